The average molecular weight is 284 g/mol. The zero-order valence-corrected chi connectivity index (χ0v) is 12.3. The van der Waals surface area contributed by atoms with Crippen molar-refractivity contribution < 1.29 is 9.90 Å². The summed E-state index contributed by atoms with van der Waals surface area (Å²) in [6.07, 6.45) is 3.66. The topological polar surface area (TPSA) is 62.2 Å². The third-order valence-electron chi connectivity index (χ3n) is 3.63. The SMILES string of the molecule is Cc1cnccc1CNCc1ccc(C(C)C(=O)O)cc1. The zero-order valence-electron chi connectivity index (χ0n) is 12.3. The number of benzene rings is 1. The molecule has 0 spiro atoms. The number of carboxylic acids is 1. The third-order valence-corrected chi connectivity index (χ3v) is 3.63. The van der Waals surface area contributed by atoms with Gasteiger partial charge in [-0.15, -0.1) is 0 Å². The summed E-state index contributed by atoms with van der Waals surface area (Å²) >= 11 is 0. The van der Waals surface area contributed by atoms with Gasteiger partial charge in [0.2, 0.25) is 0 Å². The number of nitrogens with one attached hydrogen (secondary N) is 1. The Labute approximate surface area is 124 Å². The van der Waals surface area contributed by atoms with Crippen LogP contribution in [0.4, 0.5) is 0 Å². The van der Waals surface area contributed by atoms with Gasteiger partial charge in [-0.25, -0.2) is 0 Å². The van der Waals surface area contributed by atoms with Crippen molar-refractivity contribution in [2.45, 2.75) is 32.9 Å². The number of pyridine rings is 1. The Morgan fingerprint density at radius 2 is 1.95 bits per heavy atom. The minimum atomic E-state index is -0.797. The highest BCUT2D eigenvalue weighted by Crippen LogP contribution is 2.16. The predicted molar refractivity (Wildman–Crippen MR) is 82.0 cm³/mol. The van der Waals surface area contributed by atoms with Crippen LogP contribution in [0.2, 0.25) is 0 Å². The quantitative estimate of drug-likeness (QED) is 0.856. The van der Waals surface area contributed by atoms with Crippen LogP contribution in [-0.2, 0) is 17.9 Å². The van der Waals surface area contributed by atoms with E-state index in [1.54, 1.807) is 13.1 Å². The van der Waals surface area contributed by atoms with E-state index in [-0.39, 0.29) is 0 Å². The Morgan fingerprint density at radius 3 is 2.57 bits per heavy atom. The monoisotopic (exact) mass is 284 g/mol. The fourth-order valence-corrected chi connectivity index (χ4v) is 2.11. The van der Waals surface area contributed by atoms with E-state index in [1.807, 2.05) is 43.5 Å². The van der Waals surface area contributed by atoms with E-state index in [0.29, 0.717) is 0 Å². The number of aryl methyl sites for hydroxylation is 1. The molecule has 2 N–H and O–H groups in total. The van der Waals surface area contributed by atoms with Gasteiger partial charge in [0.15, 0.2) is 0 Å². The molecule has 2 rings (SSSR count). The second-order valence-electron chi connectivity index (χ2n) is 5.21. The van der Waals surface area contributed by atoms with E-state index >= 15 is 0 Å². The Morgan fingerprint density at radius 1 is 1.24 bits per heavy atom. The molecule has 4 nitrogen and oxygen atoms in total. The van der Waals surface area contributed by atoms with Crippen LogP contribution in [0.1, 0.15) is 35.1 Å². The van der Waals surface area contributed by atoms with E-state index in [0.717, 1.165) is 24.2 Å². The summed E-state index contributed by atoms with van der Waals surface area (Å²) in [5, 5.41) is 12.4. The molecule has 1 heterocycles. The van der Waals surface area contributed by atoms with Gasteiger partial charge < -0.3 is 10.4 Å². The fraction of sp³-hybridized carbons (Fsp3) is 0.294. The van der Waals surface area contributed by atoms with Gasteiger partial charge in [-0.1, -0.05) is 24.3 Å². The average Bonchev–Trinajstić information content (AvgIpc) is 2.49. The summed E-state index contributed by atoms with van der Waals surface area (Å²) in [6.45, 7) is 5.29. The fourth-order valence-electron chi connectivity index (χ4n) is 2.11. The van der Waals surface area contributed by atoms with Crippen molar-refractivity contribution in [3.8, 4) is 0 Å². The number of aromatic nitrogens is 1. The molecule has 110 valence electrons. The normalized spacial score (nSPS) is 12.1. The molecule has 1 atom stereocenters. The molecule has 0 bridgehead atoms. The molecule has 0 saturated carbocycles. The largest absolute Gasteiger partial charge is 0.481 e. The summed E-state index contributed by atoms with van der Waals surface area (Å²) < 4.78 is 0. The molecule has 4 heteroatoms. The number of nitrogens with zero attached hydrogens (tertiary/aromatic N) is 1. The lowest BCUT2D eigenvalue weighted by Crippen LogP contribution is -2.14. The number of aliphatic carboxylic acids is 1. The Bertz CT molecular complexity index is 608. The highest BCUT2D eigenvalue weighted by Gasteiger charge is 2.12. The lowest BCUT2D eigenvalue weighted by molar-refractivity contribution is -0.138. The van der Waals surface area contributed by atoms with Crippen LogP contribution < -0.4 is 5.32 Å². The summed E-state index contributed by atoms with van der Waals surface area (Å²) in [5.41, 5.74) is 4.39. The smallest absolute Gasteiger partial charge is 0.310 e. The van der Waals surface area contributed by atoms with Gasteiger partial charge in [0.1, 0.15) is 0 Å². The molecule has 0 aliphatic rings. The van der Waals surface area contributed by atoms with Crippen molar-refractivity contribution in [2.75, 3.05) is 0 Å². The van der Waals surface area contributed by atoms with Crippen LogP contribution in [-0.4, -0.2) is 16.1 Å². The van der Waals surface area contributed by atoms with Gasteiger partial charge >= 0.3 is 5.97 Å². The standard InChI is InChI=1S/C17H20N2O2/c1-12-9-18-8-7-16(12)11-19-10-14-3-5-15(6-4-14)13(2)17(20)21/h3-9,13,19H,10-11H2,1-2H3,(H,20,21). The Kier molecular flexibility index (Phi) is 5.06. The van der Waals surface area contributed by atoms with Gasteiger partial charge in [0, 0.05) is 25.5 Å². The molecule has 1 aromatic heterocycles. The van der Waals surface area contributed by atoms with Crippen molar-refractivity contribution in [3.63, 3.8) is 0 Å². The molecule has 0 aliphatic carbocycles. The highest BCUT2D eigenvalue weighted by atomic mass is 16.4. The second-order valence-corrected chi connectivity index (χ2v) is 5.21. The minimum absolute atomic E-state index is 0.466. The highest BCUT2D eigenvalue weighted by molar-refractivity contribution is 5.75. The zero-order chi connectivity index (χ0) is 15.2. The number of rotatable bonds is 6. The van der Waals surface area contributed by atoms with Gasteiger partial charge in [0.25, 0.3) is 0 Å². The number of carbonyl (C=O) groups is 1. The van der Waals surface area contributed by atoms with Crippen molar-refractivity contribution in [2.24, 2.45) is 0 Å². The van der Waals surface area contributed by atoms with Gasteiger partial charge in [-0.05, 0) is 42.2 Å². The van der Waals surface area contributed by atoms with Gasteiger partial charge in [-0.3, -0.25) is 9.78 Å². The number of carboxylic acid groups (broad SMARTS) is 1. The molecule has 1 unspecified atom stereocenters. The van der Waals surface area contributed by atoms with E-state index in [2.05, 4.69) is 10.3 Å². The van der Waals surface area contributed by atoms with E-state index in [4.69, 9.17) is 5.11 Å². The van der Waals surface area contributed by atoms with Crippen LogP contribution >= 0.6 is 0 Å². The Balaban J connectivity index is 1.90. The molecule has 2 aromatic rings. The lowest BCUT2D eigenvalue weighted by atomic mass is 10.00. The van der Waals surface area contributed by atoms with E-state index in [1.165, 1.54) is 11.1 Å². The number of hydrogen-bond donors (Lipinski definition) is 2. The molecule has 0 saturated heterocycles. The van der Waals surface area contributed by atoms with Gasteiger partial charge in [0.05, 0.1) is 5.92 Å². The van der Waals surface area contributed by atoms with Crippen LogP contribution in [0.15, 0.2) is 42.7 Å². The molecule has 0 aliphatic heterocycles. The summed E-state index contributed by atoms with van der Waals surface area (Å²) in [4.78, 5) is 15.0. The first-order chi connectivity index (χ1) is 10.1. The van der Waals surface area contributed by atoms with Crippen molar-refractivity contribution in [1.82, 2.24) is 10.3 Å². The Hall–Kier alpha value is -2.20. The number of hydrogen-bond acceptors (Lipinski definition) is 3. The molecule has 1 aromatic carbocycles. The maximum atomic E-state index is 10.9. The van der Waals surface area contributed by atoms with Crippen LogP contribution in [0, 0.1) is 6.92 Å². The second kappa shape index (κ2) is 6.99. The molecule has 0 amide bonds. The van der Waals surface area contributed by atoms with Crippen LogP contribution in [0.5, 0.6) is 0 Å². The first-order valence-electron chi connectivity index (χ1n) is 7.00. The molecular weight excluding hydrogens is 264 g/mol. The summed E-state index contributed by atoms with van der Waals surface area (Å²) in [6, 6.07) is 9.73. The maximum Gasteiger partial charge on any atom is 0.310 e. The third kappa shape index (κ3) is 4.13. The summed E-state index contributed by atoms with van der Waals surface area (Å²) in [5.74, 6) is -1.26. The van der Waals surface area contributed by atoms with E-state index in [9.17, 15) is 4.79 Å². The minimum Gasteiger partial charge on any atom is -0.481 e. The van der Waals surface area contributed by atoms with Crippen molar-refractivity contribution in [3.05, 3.63) is 65.0 Å². The predicted octanol–water partition coefficient (Wildman–Crippen LogP) is 2.87. The molecular formula is C17H20N2O2. The molecule has 0 fully saturated rings. The van der Waals surface area contributed by atoms with Crippen LogP contribution in [0.25, 0.3) is 0 Å². The summed E-state index contributed by atoms with van der Waals surface area (Å²) in [7, 11) is 0. The first kappa shape index (κ1) is 15.2. The van der Waals surface area contributed by atoms with Crippen molar-refractivity contribution in [1.29, 1.82) is 0 Å². The lowest BCUT2D eigenvalue weighted by Gasteiger charge is -2.09. The van der Waals surface area contributed by atoms with Gasteiger partial charge in [-0.2, -0.15) is 0 Å². The maximum absolute atomic E-state index is 10.9. The first-order valence-corrected chi connectivity index (χ1v) is 7.00. The molecule has 21 heavy (non-hydrogen) atoms. The van der Waals surface area contributed by atoms with Crippen molar-refractivity contribution >= 4 is 5.97 Å². The van der Waals surface area contributed by atoms with Crippen LogP contribution in [0.3, 0.4) is 0 Å². The molecule has 0 radical (unpaired) electrons. The van der Waals surface area contributed by atoms with E-state index < -0.39 is 11.9 Å².